The molecule has 0 aromatic heterocycles. The smallest absolute Gasteiger partial charge is 0.307 e. The molecule has 0 aromatic carbocycles. The van der Waals surface area contributed by atoms with Crippen molar-refractivity contribution >= 4 is 11.9 Å². The molecule has 0 bridgehead atoms. The molecule has 0 spiro atoms. The molecule has 0 aromatic rings. The largest absolute Gasteiger partial charge is 0.481 e. The van der Waals surface area contributed by atoms with Crippen LogP contribution in [0.4, 0.5) is 0 Å². The minimum Gasteiger partial charge on any atom is -0.481 e. The zero-order chi connectivity index (χ0) is 10.4. The minimum atomic E-state index is -0.844. The number of carbonyl (C=O) groups excluding carboxylic acids is 1. The number of rotatable bonds is 5. The van der Waals surface area contributed by atoms with Crippen LogP contribution < -0.4 is 5.32 Å². The molecule has 0 saturated carbocycles. The normalized spacial score (nSPS) is 12.6. The fourth-order valence-electron chi connectivity index (χ4n) is 0.934. The van der Waals surface area contributed by atoms with Gasteiger partial charge in [0.15, 0.2) is 0 Å². The Morgan fingerprint density at radius 2 is 2.08 bits per heavy atom. The molecule has 0 radical (unpaired) electrons. The van der Waals surface area contributed by atoms with Crippen molar-refractivity contribution < 1.29 is 14.7 Å². The molecule has 0 aliphatic heterocycles. The van der Waals surface area contributed by atoms with Crippen molar-refractivity contribution in [3.05, 3.63) is 0 Å². The van der Waals surface area contributed by atoms with Gasteiger partial charge in [-0.25, -0.2) is 0 Å². The molecule has 13 heavy (non-hydrogen) atoms. The van der Waals surface area contributed by atoms with Crippen LogP contribution in [-0.2, 0) is 9.59 Å². The molecule has 0 heterocycles. The molecule has 76 valence electrons. The summed E-state index contributed by atoms with van der Waals surface area (Å²) < 4.78 is 0. The Kier molecular flexibility index (Phi) is 5.06. The Morgan fingerprint density at radius 1 is 1.54 bits per heavy atom. The fraction of sp³-hybridized carbons (Fsp3) is 0.750. The van der Waals surface area contributed by atoms with Gasteiger partial charge in [0.25, 0.3) is 0 Å². The summed E-state index contributed by atoms with van der Waals surface area (Å²) in [6.45, 7) is 2.22. The van der Waals surface area contributed by atoms with Crippen LogP contribution in [0, 0.1) is 5.92 Å². The van der Waals surface area contributed by atoms with Crippen LogP contribution >= 0.6 is 0 Å². The predicted octanol–water partition coefficient (Wildman–Crippen LogP) is -0.615. The van der Waals surface area contributed by atoms with Gasteiger partial charge in [-0.1, -0.05) is 6.92 Å². The van der Waals surface area contributed by atoms with E-state index in [0.29, 0.717) is 6.54 Å². The lowest BCUT2D eigenvalue weighted by atomic mass is 10.2. The van der Waals surface area contributed by atoms with E-state index in [1.165, 1.54) is 0 Å². The van der Waals surface area contributed by atoms with Crippen molar-refractivity contribution in [1.29, 1.82) is 0 Å². The summed E-state index contributed by atoms with van der Waals surface area (Å²) in [5.41, 5.74) is 0. The first-order valence-corrected chi connectivity index (χ1v) is 4.09. The van der Waals surface area contributed by atoms with Crippen molar-refractivity contribution in [1.82, 2.24) is 10.2 Å². The molecule has 1 unspecified atom stereocenters. The van der Waals surface area contributed by atoms with Gasteiger partial charge in [0, 0.05) is 13.6 Å². The van der Waals surface area contributed by atoms with E-state index in [-0.39, 0.29) is 12.5 Å². The lowest BCUT2D eigenvalue weighted by molar-refractivity contribution is -0.142. The van der Waals surface area contributed by atoms with Crippen LogP contribution in [0.25, 0.3) is 0 Å². The number of carboxylic acids is 1. The van der Waals surface area contributed by atoms with E-state index in [1.54, 1.807) is 25.9 Å². The zero-order valence-electron chi connectivity index (χ0n) is 8.20. The molecule has 0 fully saturated rings. The first-order chi connectivity index (χ1) is 5.97. The Morgan fingerprint density at radius 3 is 2.46 bits per heavy atom. The Bertz CT molecular complexity index is 194. The van der Waals surface area contributed by atoms with E-state index in [2.05, 4.69) is 5.32 Å². The van der Waals surface area contributed by atoms with Crippen LogP contribution in [0.5, 0.6) is 0 Å². The summed E-state index contributed by atoms with van der Waals surface area (Å²) in [5, 5.41) is 11.1. The SMILES string of the molecule is CNC(=O)CN(C)CC(C)C(=O)O. The molecule has 0 aliphatic carbocycles. The monoisotopic (exact) mass is 188 g/mol. The third-order valence-corrected chi connectivity index (χ3v) is 1.70. The van der Waals surface area contributed by atoms with E-state index < -0.39 is 11.9 Å². The van der Waals surface area contributed by atoms with Gasteiger partial charge in [-0.2, -0.15) is 0 Å². The first kappa shape index (κ1) is 11.9. The highest BCUT2D eigenvalue weighted by Crippen LogP contribution is 1.97. The third-order valence-electron chi connectivity index (χ3n) is 1.70. The number of amides is 1. The maximum absolute atomic E-state index is 10.9. The van der Waals surface area contributed by atoms with Gasteiger partial charge < -0.3 is 10.4 Å². The highest BCUT2D eigenvalue weighted by molar-refractivity contribution is 5.77. The highest BCUT2D eigenvalue weighted by Gasteiger charge is 2.14. The lowest BCUT2D eigenvalue weighted by Crippen LogP contribution is -2.36. The quantitative estimate of drug-likeness (QED) is 0.603. The van der Waals surface area contributed by atoms with E-state index in [1.807, 2.05) is 0 Å². The lowest BCUT2D eigenvalue weighted by Gasteiger charge is -2.17. The number of carboxylic acid groups (broad SMARTS) is 1. The van der Waals surface area contributed by atoms with Gasteiger partial charge in [0.1, 0.15) is 0 Å². The number of aliphatic carboxylic acids is 1. The Hall–Kier alpha value is -1.10. The molecular weight excluding hydrogens is 172 g/mol. The van der Waals surface area contributed by atoms with Crippen LogP contribution in [0.3, 0.4) is 0 Å². The average Bonchev–Trinajstić information content (AvgIpc) is 2.03. The standard InChI is InChI=1S/C8H16N2O3/c1-6(8(12)13)4-10(3)5-7(11)9-2/h6H,4-5H2,1-3H3,(H,9,11)(H,12,13). The molecule has 1 amide bonds. The van der Waals surface area contributed by atoms with E-state index >= 15 is 0 Å². The van der Waals surface area contributed by atoms with Crippen molar-refractivity contribution in [3.63, 3.8) is 0 Å². The predicted molar refractivity (Wildman–Crippen MR) is 48.4 cm³/mol. The maximum Gasteiger partial charge on any atom is 0.307 e. The molecule has 2 N–H and O–H groups in total. The van der Waals surface area contributed by atoms with E-state index in [4.69, 9.17) is 5.11 Å². The zero-order valence-corrected chi connectivity index (χ0v) is 8.20. The van der Waals surface area contributed by atoms with E-state index in [0.717, 1.165) is 0 Å². The average molecular weight is 188 g/mol. The van der Waals surface area contributed by atoms with Crippen LogP contribution in [-0.4, -0.2) is 49.1 Å². The van der Waals surface area contributed by atoms with Gasteiger partial charge in [-0.3, -0.25) is 14.5 Å². The van der Waals surface area contributed by atoms with Crippen molar-refractivity contribution in [2.45, 2.75) is 6.92 Å². The number of hydrogen-bond donors (Lipinski definition) is 2. The van der Waals surface area contributed by atoms with Gasteiger partial charge in [-0.05, 0) is 7.05 Å². The van der Waals surface area contributed by atoms with Gasteiger partial charge >= 0.3 is 5.97 Å². The molecule has 5 nitrogen and oxygen atoms in total. The second-order valence-corrected chi connectivity index (χ2v) is 3.11. The summed E-state index contributed by atoms with van der Waals surface area (Å²) >= 11 is 0. The highest BCUT2D eigenvalue weighted by atomic mass is 16.4. The van der Waals surface area contributed by atoms with E-state index in [9.17, 15) is 9.59 Å². The molecule has 0 saturated heterocycles. The summed E-state index contributed by atoms with van der Waals surface area (Å²) in [7, 11) is 3.27. The number of nitrogens with one attached hydrogen (secondary N) is 1. The second kappa shape index (κ2) is 5.53. The van der Waals surface area contributed by atoms with Gasteiger partial charge in [0.2, 0.25) is 5.91 Å². The molecule has 0 aliphatic rings. The summed E-state index contributed by atoms with van der Waals surface area (Å²) in [6, 6.07) is 0. The number of nitrogens with zero attached hydrogens (tertiary/aromatic N) is 1. The number of carbonyl (C=O) groups is 2. The van der Waals surface area contributed by atoms with Crippen LogP contribution in [0.15, 0.2) is 0 Å². The number of hydrogen-bond acceptors (Lipinski definition) is 3. The minimum absolute atomic E-state index is 0.111. The van der Waals surface area contributed by atoms with Crippen LogP contribution in [0.1, 0.15) is 6.92 Å². The van der Waals surface area contributed by atoms with Crippen molar-refractivity contribution in [2.24, 2.45) is 5.92 Å². The molecule has 1 atom stereocenters. The Balaban J connectivity index is 3.80. The van der Waals surface area contributed by atoms with Crippen molar-refractivity contribution in [2.75, 3.05) is 27.2 Å². The maximum atomic E-state index is 10.9. The third kappa shape index (κ3) is 5.19. The topological polar surface area (TPSA) is 69.6 Å². The Labute approximate surface area is 77.7 Å². The summed E-state index contributed by atoms with van der Waals surface area (Å²) in [5.74, 6) is -1.40. The van der Waals surface area contributed by atoms with Crippen LogP contribution in [0.2, 0.25) is 0 Å². The molecule has 0 rings (SSSR count). The van der Waals surface area contributed by atoms with Gasteiger partial charge in [0.05, 0.1) is 12.5 Å². The second-order valence-electron chi connectivity index (χ2n) is 3.11. The summed E-state index contributed by atoms with van der Waals surface area (Å²) in [6.07, 6.45) is 0. The molecule has 5 heteroatoms. The summed E-state index contributed by atoms with van der Waals surface area (Å²) in [4.78, 5) is 23.0. The number of likely N-dealkylation sites (N-methyl/N-ethyl adjacent to an activating group) is 2. The first-order valence-electron chi connectivity index (χ1n) is 4.09. The van der Waals surface area contributed by atoms with Crippen molar-refractivity contribution in [3.8, 4) is 0 Å². The fourth-order valence-corrected chi connectivity index (χ4v) is 0.934. The molecular formula is C8H16N2O3. The van der Waals surface area contributed by atoms with Gasteiger partial charge in [-0.15, -0.1) is 0 Å².